The highest BCUT2D eigenvalue weighted by atomic mass is 79.9. The van der Waals surface area contributed by atoms with Crippen molar-refractivity contribution < 1.29 is 4.79 Å². The summed E-state index contributed by atoms with van der Waals surface area (Å²) in [7, 11) is 0. The van der Waals surface area contributed by atoms with E-state index in [-0.39, 0.29) is 12.5 Å². The molecule has 1 aliphatic heterocycles. The van der Waals surface area contributed by atoms with Crippen LogP contribution < -0.4 is 10.2 Å². The summed E-state index contributed by atoms with van der Waals surface area (Å²) in [5.74, 6) is -0.0251. The summed E-state index contributed by atoms with van der Waals surface area (Å²) in [6.07, 6.45) is 0. The second-order valence-corrected chi connectivity index (χ2v) is 5.52. The zero-order valence-corrected chi connectivity index (χ0v) is 12.2. The Hall–Kier alpha value is -1.52. The highest BCUT2D eigenvalue weighted by Crippen LogP contribution is 2.39. The maximum Gasteiger partial charge on any atom is 0.250 e. The minimum Gasteiger partial charge on any atom is -0.374 e. The summed E-state index contributed by atoms with van der Waals surface area (Å²) in [5, 5.41) is 3.67. The molecule has 0 saturated heterocycles. The first-order valence-corrected chi connectivity index (χ1v) is 6.95. The number of para-hydroxylation sites is 1. The summed E-state index contributed by atoms with van der Waals surface area (Å²) in [4.78, 5) is 13.8. The van der Waals surface area contributed by atoms with E-state index in [9.17, 15) is 4.79 Å². The maximum atomic E-state index is 12.2. The van der Waals surface area contributed by atoms with Crippen molar-refractivity contribution in [2.24, 2.45) is 0 Å². The van der Waals surface area contributed by atoms with Gasteiger partial charge in [-0.15, -0.1) is 0 Å². The first-order valence-electron chi connectivity index (χ1n) is 5.78. The first-order chi connectivity index (χ1) is 9.16. The van der Waals surface area contributed by atoms with Crippen molar-refractivity contribution in [2.75, 3.05) is 16.8 Å². The van der Waals surface area contributed by atoms with Gasteiger partial charge < -0.3 is 5.32 Å². The largest absolute Gasteiger partial charge is 0.374 e. The van der Waals surface area contributed by atoms with Crippen LogP contribution in [0.25, 0.3) is 0 Å². The molecule has 0 unspecified atom stereocenters. The van der Waals surface area contributed by atoms with Gasteiger partial charge in [0.05, 0.1) is 28.6 Å². The third-order valence-corrected chi connectivity index (χ3v) is 3.79. The highest BCUT2D eigenvalue weighted by molar-refractivity contribution is 9.10. The Morgan fingerprint density at radius 1 is 1.16 bits per heavy atom. The molecule has 5 heteroatoms. The number of hydrogen-bond acceptors (Lipinski definition) is 2. The fourth-order valence-electron chi connectivity index (χ4n) is 2.13. The van der Waals surface area contributed by atoms with Crippen molar-refractivity contribution in [1.82, 2.24) is 0 Å². The molecule has 0 bridgehead atoms. The molecular weight excluding hydrogens is 328 g/mol. The molecule has 19 heavy (non-hydrogen) atoms. The number of carbonyl (C=O) groups excluding carboxylic acids is 1. The van der Waals surface area contributed by atoms with Gasteiger partial charge >= 0.3 is 0 Å². The number of hydrogen-bond donors (Lipinski definition) is 1. The standard InChI is InChI=1S/C14H10BrClN2O/c15-9-5-6-13-11(7-9)17-8-14(19)18(13)12-4-2-1-3-10(12)16/h1-7,17H,8H2. The molecule has 0 aliphatic carbocycles. The fourth-order valence-corrected chi connectivity index (χ4v) is 2.71. The molecule has 0 spiro atoms. The average Bonchev–Trinajstić information content (AvgIpc) is 2.40. The number of rotatable bonds is 1. The van der Waals surface area contributed by atoms with E-state index in [2.05, 4.69) is 21.2 Å². The summed E-state index contributed by atoms with van der Waals surface area (Å²) in [5.41, 5.74) is 2.43. The molecule has 0 fully saturated rings. The number of nitrogens with zero attached hydrogens (tertiary/aromatic N) is 1. The Bertz CT molecular complexity index is 660. The zero-order valence-electron chi connectivity index (χ0n) is 9.86. The van der Waals surface area contributed by atoms with E-state index in [0.29, 0.717) is 10.7 Å². The van der Waals surface area contributed by atoms with Crippen LogP contribution in [0.15, 0.2) is 46.9 Å². The van der Waals surface area contributed by atoms with Gasteiger partial charge in [0.1, 0.15) is 0 Å². The van der Waals surface area contributed by atoms with Gasteiger partial charge in [-0.05, 0) is 30.3 Å². The van der Waals surface area contributed by atoms with Crippen LogP contribution in [0.5, 0.6) is 0 Å². The number of nitrogens with one attached hydrogen (secondary N) is 1. The van der Waals surface area contributed by atoms with Crippen LogP contribution >= 0.6 is 27.5 Å². The normalized spacial score (nSPS) is 14.0. The molecule has 3 rings (SSSR count). The lowest BCUT2D eigenvalue weighted by molar-refractivity contribution is -0.116. The van der Waals surface area contributed by atoms with Crippen LogP contribution in [0.2, 0.25) is 5.02 Å². The van der Waals surface area contributed by atoms with E-state index in [1.54, 1.807) is 11.0 Å². The van der Waals surface area contributed by atoms with E-state index < -0.39 is 0 Å². The third-order valence-electron chi connectivity index (χ3n) is 2.97. The highest BCUT2D eigenvalue weighted by Gasteiger charge is 2.26. The molecule has 1 aliphatic rings. The zero-order chi connectivity index (χ0) is 13.4. The average molecular weight is 338 g/mol. The Kier molecular flexibility index (Phi) is 3.21. The number of fused-ring (bicyclic) bond motifs is 1. The molecule has 1 N–H and O–H groups in total. The molecule has 1 amide bonds. The lowest BCUT2D eigenvalue weighted by Gasteiger charge is -2.30. The van der Waals surface area contributed by atoms with Crippen molar-refractivity contribution in [3.63, 3.8) is 0 Å². The molecular formula is C14H10BrClN2O. The Morgan fingerprint density at radius 2 is 1.95 bits per heavy atom. The van der Waals surface area contributed by atoms with E-state index in [4.69, 9.17) is 11.6 Å². The van der Waals surface area contributed by atoms with Crippen molar-refractivity contribution in [1.29, 1.82) is 0 Å². The predicted octanol–water partition coefficient (Wildman–Crippen LogP) is 4.19. The van der Waals surface area contributed by atoms with Gasteiger partial charge in [-0.25, -0.2) is 0 Å². The van der Waals surface area contributed by atoms with Crippen LogP contribution in [0.3, 0.4) is 0 Å². The summed E-state index contributed by atoms with van der Waals surface area (Å²) in [6, 6.07) is 13.1. The molecule has 2 aromatic carbocycles. The predicted molar refractivity (Wildman–Crippen MR) is 81.2 cm³/mol. The van der Waals surface area contributed by atoms with Crippen LogP contribution in [-0.4, -0.2) is 12.5 Å². The van der Waals surface area contributed by atoms with Gasteiger partial charge in [-0.2, -0.15) is 0 Å². The molecule has 0 aromatic heterocycles. The summed E-state index contributed by atoms with van der Waals surface area (Å²) in [6.45, 7) is 0.259. The maximum absolute atomic E-state index is 12.2. The Labute approximate surface area is 124 Å². The van der Waals surface area contributed by atoms with Crippen molar-refractivity contribution in [3.05, 3.63) is 52.0 Å². The van der Waals surface area contributed by atoms with Crippen LogP contribution in [-0.2, 0) is 4.79 Å². The molecule has 3 nitrogen and oxygen atoms in total. The van der Waals surface area contributed by atoms with Crippen molar-refractivity contribution >= 4 is 50.5 Å². The number of amides is 1. The van der Waals surface area contributed by atoms with Gasteiger partial charge in [0.2, 0.25) is 0 Å². The monoisotopic (exact) mass is 336 g/mol. The molecule has 0 atom stereocenters. The lowest BCUT2D eigenvalue weighted by Crippen LogP contribution is -2.36. The third kappa shape index (κ3) is 2.22. The molecule has 2 aromatic rings. The summed E-state index contributed by atoms with van der Waals surface area (Å²) < 4.78 is 0.965. The molecule has 1 heterocycles. The van der Waals surface area contributed by atoms with Crippen molar-refractivity contribution in [3.8, 4) is 0 Å². The molecule has 96 valence electrons. The van der Waals surface area contributed by atoms with Gasteiger partial charge in [0.15, 0.2) is 0 Å². The molecule has 0 radical (unpaired) electrons. The van der Waals surface area contributed by atoms with E-state index in [1.807, 2.05) is 36.4 Å². The number of carbonyl (C=O) groups is 1. The van der Waals surface area contributed by atoms with Gasteiger partial charge in [-0.1, -0.05) is 39.7 Å². The van der Waals surface area contributed by atoms with Gasteiger partial charge in [0, 0.05) is 4.47 Å². The van der Waals surface area contributed by atoms with Gasteiger partial charge in [0.25, 0.3) is 5.91 Å². The molecule has 0 saturated carbocycles. The summed E-state index contributed by atoms with van der Waals surface area (Å²) >= 11 is 9.62. The topological polar surface area (TPSA) is 32.3 Å². The fraction of sp³-hybridized carbons (Fsp3) is 0.0714. The SMILES string of the molecule is O=C1CNc2cc(Br)ccc2N1c1ccccc1Cl. The Morgan fingerprint density at radius 3 is 2.74 bits per heavy atom. The van der Waals surface area contributed by atoms with Crippen LogP contribution in [0.1, 0.15) is 0 Å². The lowest BCUT2D eigenvalue weighted by atomic mass is 10.1. The van der Waals surface area contributed by atoms with E-state index in [1.165, 1.54) is 0 Å². The van der Waals surface area contributed by atoms with Crippen LogP contribution in [0.4, 0.5) is 17.1 Å². The van der Waals surface area contributed by atoms with E-state index in [0.717, 1.165) is 15.8 Å². The quantitative estimate of drug-likeness (QED) is 0.846. The minimum atomic E-state index is -0.0251. The minimum absolute atomic E-state index is 0.0251. The van der Waals surface area contributed by atoms with Gasteiger partial charge in [-0.3, -0.25) is 9.69 Å². The number of halogens is 2. The van der Waals surface area contributed by atoms with Crippen LogP contribution in [0, 0.1) is 0 Å². The second kappa shape index (κ2) is 4.87. The number of anilines is 3. The van der Waals surface area contributed by atoms with Crippen molar-refractivity contribution in [2.45, 2.75) is 0 Å². The first kappa shape index (κ1) is 12.5. The Balaban J connectivity index is 2.17. The smallest absolute Gasteiger partial charge is 0.250 e. The second-order valence-electron chi connectivity index (χ2n) is 4.20. The van der Waals surface area contributed by atoms with E-state index >= 15 is 0 Å². The number of benzene rings is 2.